The maximum absolute atomic E-state index is 7.22. The fraction of sp³-hybridized carbons (Fsp3) is 0.250. The topological polar surface area (TPSA) is 128 Å². The van der Waals surface area contributed by atoms with Crippen LogP contribution in [0.1, 0.15) is 0 Å². The van der Waals surface area contributed by atoms with Gasteiger partial charge in [0.15, 0.2) is 10.7 Å². The van der Waals surface area contributed by atoms with E-state index in [1.54, 1.807) is 110 Å². The van der Waals surface area contributed by atoms with E-state index in [0.717, 1.165) is 0 Å². The molecule has 0 radical (unpaired) electrons. The molecule has 0 bridgehead atoms. The summed E-state index contributed by atoms with van der Waals surface area (Å²) in [6.07, 6.45) is 0. The summed E-state index contributed by atoms with van der Waals surface area (Å²) in [5.41, 5.74) is 19.2. The van der Waals surface area contributed by atoms with Gasteiger partial charge in [0.2, 0.25) is 7.51 Å². The van der Waals surface area contributed by atoms with Crippen molar-refractivity contribution in [3.05, 3.63) is 72.8 Å². The van der Waals surface area contributed by atoms with Crippen LogP contribution < -0.4 is 31.5 Å². The number of rotatable bonds is 11. The lowest BCUT2D eigenvalue weighted by atomic mass is 10.3. The molecule has 14 heteroatoms. The number of benzene rings is 3. The molecular weight excluding hydrogens is 572 g/mol. The Hall–Kier alpha value is -2.56. The highest BCUT2D eigenvalue weighted by Crippen LogP contribution is 2.62. The van der Waals surface area contributed by atoms with E-state index in [1.807, 2.05) is 0 Å². The molecule has 0 aliphatic rings. The van der Waals surface area contributed by atoms with Crippen LogP contribution in [0.25, 0.3) is 0 Å². The molecule has 0 fully saturated rings. The first-order valence-electron chi connectivity index (χ1n) is 11.2. The minimum atomic E-state index is -3.22. The third kappa shape index (κ3) is 6.90. The third-order valence-electron chi connectivity index (χ3n) is 5.20. The first-order chi connectivity index (χ1) is 17.9. The zero-order valence-electron chi connectivity index (χ0n) is 21.3. The number of alkyl halides is 3. The van der Waals surface area contributed by atoms with Gasteiger partial charge >= 0.3 is 5.37 Å². The second kappa shape index (κ2) is 12.5. The van der Waals surface area contributed by atoms with Crippen molar-refractivity contribution in [2.24, 2.45) is 4.91 Å². The van der Waals surface area contributed by atoms with E-state index in [1.165, 1.54) is 4.67 Å². The summed E-state index contributed by atoms with van der Waals surface area (Å²) < 4.78 is 17.5. The van der Waals surface area contributed by atoms with Crippen LogP contribution in [-0.4, -0.2) is 52.5 Å². The molecule has 38 heavy (non-hydrogen) atoms. The Morgan fingerprint density at radius 3 is 1.34 bits per heavy atom. The number of nitrogens with zero attached hydrogens (tertiary/aromatic N) is 4. The molecule has 6 N–H and O–H groups in total. The Kier molecular flexibility index (Phi) is 9.89. The van der Waals surface area contributed by atoms with E-state index in [0.29, 0.717) is 34.3 Å². The molecule has 0 amide bonds. The van der Waals surface area contributed by atoms with Gasteiger partial charge in [0, 0.05) is 17.1 Å². The molecule has 0 saturated carbocycles. The highest BCUT2D eigenvalue weighted by atomic mass is 35.5. The first-order valence-corrected chi connectivity index (χ1v) is 14.1. The number of anilines is 3. The fourth-order valence-electron chi connectivity index (χ4n) is 3.43. The number of halogens is 3. The van der Waals surface area contributed by atoms with Crippen molar-refractivity contribution in [1.82, 2.24) is 14.0 Å². The van der Waals surface area contributed by atoms with Gasteiger partial charge in [-0.2, -0.15) is 0 Å². The van der Waals surface area contributed by atoms with E-state index >= 15 is 0 Å². The lowest BCUT2D eigenvalue weighted by Gasteiger charge is -2.48. The van der Waals surface area contributed by atoms with Crippen molar-refractivity contribution in [1.29, 1.82) is 0 Å². The van der Waals surface area contributed by atoms with Crippen LogP contribution in [-0.2, 0) is 0 Å². The van der Waals surface area contributed by atoms with Gasteiger partial charge in [0.1, 0.15) is 11.5 Å². The van der Waals surface area contributed by atoms with E-state index in [9.17, 15) is 0 Å². The normalized spacial score (nSPS) is 12.3. The van der Waals surface area contributed by atoms with Crippen LogP contribution in [0, 0.1) is 0 Å². The molecule has 0 saturated heterocycles. The quantitative estimate of drug-likeness (QED) is 0.0617. The Labute approximate surface area is 237 Å². The Morgan fingerprint density at radius 1 is 0.684 bits per heavy atom. The van der Waals surface area contributed by atoms with Crippen molar-refractivity contribution in [3.8, 4) is 17.2 Å². The Bertz CT molecular complexity index is 1190. The van der Waals surface area contributed by atoms with E-state index < -0.39 is 17.8 Å². The molecule has 0 spiro atoms. The summed E-state index contributed by atoms with van der Waals surface area (Å²) in [4.78, 5) is 9.23. The van der Waals surface area contributed by atoms with Crippen molar-refractivity contribution < 1.29 is 14.3 Å². The molecule has 0 aliphatic carbocycles. The average molecular weight is 603 g/mol. The highest BCUT2D eigenvalue weighted by molar-refractivity contribution is 7.59. The van der Waals surface area contributed by atoms with Crippen molar-refractivity contribution in [2.45, 2.75) is 10.3 Å². The lowest BCUT2D eigenvalue weighted by Crippen LogP contribution is -2.56. The zero-order valence-corrected chi connectivity index (χ0v) is 24.5. The number of nitrogen functional groups attached to an aromatic ring is 3. The van der Waals surface area contributed by atoms with E-state index in [4.69, 9.17) is 66.3 Å². The molecule has 0 heterocycles. The smallest absolute Gasteiger partial charge is 0.412 e. The monoisotopic (exact) mass is 601 g/mol. The van der Waals surface area contributed by atoms with Gasteiger partial charge < -0.3 is 31.5 Å². The molecule has 0 atom stereocenters. The van der Waals surface area contributed by atoms with Gasteiger partial charge in [-0.25, -0.2) is 9.34 Å². The predicted molar refractivity (Wildman–Crippen MR) is 157 cm³/mol. The summed E-state index contributed by atoms with van der Waals surface area (Å²) in [7, 11) is 3.93. The molecule has 3 aromatic carbocycles. The SMILES string of the molecule is CN(C)P(=NOc1ccc(N)cc1)(N(C)C)N(C(Cl)Cl)C(Cl)(Oc1ccc(N)cc1)Oc1ccc(N)cc1. The maximum Gasteiger partial charge on any atom is 0.412 e. The summed E-state index contributed by atoms with van der Waals surface area (Å²) in [5.74, 6) is 1.10. The summed E-state index contributed by atoms with van der Waals surface area (Å²) in [6, 6.07) is 20.0. The van der Waals surface area contributed by atoms with E-state index in [2.05, 4.69) is 4.91 Å². The van der Waals surface area contributed by atoms with Crippen LogP contribution in [0.4, 0.5) is 17.1 Å². The molecule has 0 aliphatic heterocycles. The van der Waals surface area contributed by atoms with Gasteiger partial charge in [-0.05, 0) is 113 Å². The third-order valence-corrected chi connectivity index (χ3v) is 9.84. The maximum atomic E-state index is 7.22. The number of hydrogen-bond donors (Lipinski definition) is 3. The molecular formula is C24H31Cl3N7O3P. The van der Waals surface area contributed by atoms with Crippen LogP contribution in [0.3, 0.4) is 0 Å². The second-order valence-corrected chi connectivity index (χ2v) is 13.2. The van der Waals surface area contributed by atoms with Crippen molar-refractivity contribution in [3.63, 3.8) is 0 Å². The second-order valence-electron chi connectivity index (χ2n) is 8.44. The largest absolute Gasteiger partial charge is 0.427 e. The number of ether oxygens (including phenoxy) is 2. The minimum Gasteiger partial charge on any atom is -0.427 e. The molecule has 3 aromatic rings. The van der Waals surface area contributed by atoms with Crippen LogP contribution in [0.2, 0.25) is 0 Å². The standard InChI is InChI=1S/C24H31Cl3N7O3P/c1-32(2)38(33(3)4,31-37-22-15-9-19(30)10-16-22)34(23(25)26)24(27,35-20-11-5-17(28)6-12-20)36-21-13-7-18(29)8-14-21/h5-16,23H,28-30H2,1-4H3. The zero-order chi connectivity index (χ0) is 28.1. The van der Waals surface area contributed by atoms with Gasteiger partial charge in [0.05, 0.1) is 0 Å². The first kappa shape index (κ1) is 30.0. The molecule has 10 nitrogen and oxygen atoms in total. The summed E-state index contributed by atoms with van der Waals surface area (Å²) >= 11 is 20.5. The molecule has 3 rings (SSSR count). The number of nitrogens with two attached hydrogens (primary N) is 3. The van der Waals surface area contributed by atoms with Crippen LogP contribution >= 0.6 is 42.3 Å². The van der Waals surface area contributed by atoms with Gasteiger partial charge in [-0.1, -0.05) is 28.1 Å². The number of hydrogen-bond acceptors (Lipinski definition) is 7. The molecule has 0 aromatic heterocycles. The average Bonchev–Trinajstić information content (AvgIpc) is 2.85. The van der Waals surface area contributed by atoms with Gasteiger partial charge in [0.25, 0.3) is 0 Å². The van der Waals surface area contributed by atoms with Crippen LogP contribution in [0.5, 0.6) is 17.2 Å². The Balaban J connectivity index is 2.21. The summed E-state index contributed by atoms with van der Waals surface area (Å²) in [5, 5.41) is -2.14. The van der Waals surface area contributed by atoms with Gasteiger partial charge in [-0.3, -0.25) is 0 Å². The lowest BCUT2D eigenvalue weighted by molar-refractivity contribution is -0.120. The fourth-order valence-corrected chi connectivity index (χ4v) is 7.77. The summed E-state index contributed by atoms with van der Waals surface area (Å²) in [6.45, 7) is 0. The molecule has 0 unspecified atom stereocenters. The molecule has 206 valence electrons. The van der Waals surface area contributed by atoms with E-state index in [-0.39, 0.29) is 0 Å². The van der Waals surface area contributed by atoms with Gasteiger partial charge in [-0.15, -0.1) is 4.67 Å². The van der Waals surface area contributed by atoms with Crippen molar-refractivity contribution in [2.75, 3.05) is 45.4 Å². The Morgan fingerprint density at radius 2 is 1.03 bits per heavy atom. The highest BCUT2D eigenvalue weighted by Gasteiger charge is 2.55. The van der Waals surface area contributed by atoms with Crippen molar-refractivity contribution >= 4 is 59.4 Å². The predicted octanol–water partition coefficient (Wildman–Crippen LogP) is 5.87. The van der Waals surface area contributed by atoms with Crippen LogP contribution in [0.15, 0.2) is 77.7 Å². The minimum absolute atomic E-state index is 0.332.